The quantitative estimate of drug-likeness (QED) is 0.499. The molecule has 10 heteroatoms. The van der Waals surface area contributed by atoms with E-state index in [1.54, 1.807) is 24.3 Å². The summed E-state index contributed by atoms with van der Waals surface area (Å²) in [7, 11) is -4.22. The zero-order chi connectivity index (χ0) is 21.1. The van der Waals surface area contributed by atoms with Crippen LogP contribution in [0.1, 0.15) is 12.8 Å². The van der Waals surface area contributed by atoms with Gasteiger partial charge in [-0.3, -0.25) is 10.0 Å². The Hall–Kier alpha value is -3.11. The lowest BCUT2D eigenvalue weighted by Crippen LogP contribution is -2.58. The molecular weight excluding hydrogens is 400 g/mol. The molecular formula is C19H20N2O7S. The van der Waals surface area contributed by atoms with E-state index in [9.17, 15) is 18.0 Å². The number of piperidine rings is 1. The molecule has 2 amide bonds. The Kier molecular flexibility index (Phi) is 5.76. The molecule has 3 N–H and O–H groups in total. The number of rotatable bonds is 5. The van der Waals surface area contributed by atoms with Crippen LogP contribution in [0.15, 0.2) is 59.5 Å². The number of carbonyl (C=O) groups excluding carboxylic acids is 1. The van der Waals surface area contributed by atoms with Crippen LogP contribution in [-0.2, 0) is 14.6 Å². The zero-order valence-corrected chi connectivity index (χ0v) is 16.1. The highest BCUT2D eigenvalue weighted by Gasteiger charge is 2.53. The Morgan fingerprint density at radius 1 is 0.966 bits per heavy atom. The molecule has 0 atom stereocenters. The molecule has 2 aromatic carbocycles. The average Bonchev–Trinajstić information content (AvgIpc) is 2.74. The van der Waals surface area contributed by atoms with Crippen molar-refractivity contribution in [2.45, 2.75) is 22.5 Å². The maximum Gasteiger partial charge on any atom is 0.407 e. The number of carboxylic acid groups (broad SMARTS) is 1. The normalized spacial score (nSPS) is 16.1. The number of nitrogens with one attached hydrogen (secondary N) is 1. The summed E-state index contributed by atoms with van der Waals surface area (Å²) in [6, 6.07) is 14.5. The van der Waals surface area contributed by atoms with Crippen molar-refractivity contribution < 1.29 is 33.1 Å². The molecule has 0 radical (unpaired) electrons. The molecule has 0 bridgehead atoms. The Morgan fingerprint density at radius 2 is 1.52 bits per heavy atom. The molecule has 1 aliphatic rings. The number of ether oxygens (including phenoxy) is 1. The molecule has 0 spiro atoms. The average molecular weight is 420 g/mol. The van der Waals surface area contributed by atoms with Crippen LogP contribution < -0.4 is 10.2 Å². The first-order chi connectivity index (χ1) is 13.8. The van der Waals surface area contributed by atoms with Gasteiger partial charge in [-0.2, -0.15) is 0 Å². The van der Waals surface area contributed by atoms with Crippen LogP contribution in [0.5, 0.6) is 11.5 Å². The zero-order valence-electron chi connectivity index (χ0n) is 15.3. The second-order valence-corrected chi connectivity index (χ2v) is 8.85. The van der Waals surface area contributed by atoms with Crippen molar-refractivity contribution in [3.8, 4) is 11.5 Å². The lowest BCUT2D eigenvalue weighted by Gasteiger charge is -2.38. The SMILES string of the molecule is O=C(O)N1CCC(C(=O)NO)(S(=O)(=O)c2ccc(Oc3ccccc3)cc2)CC1. The number of hydrogen-bond donors (Lipinski definition) is 3. The highest BCUT2D eigenvalue weighted by atomic mass is 32.2. The molecule has 1 saturated heterocycles. The number of carbonyl (C=O) groups is 2. The van der Waals surface area contributed by atoms with Gasteiger partial charge >= 0.3 is 6.09 Å². The van der Waals surface area contributed by atoms with E-state index in [1.165, 1.54) is 29.7 Å². The van der Waals surface area contributed by atoms with Gasteiger partial charge in [0.15, 0.2) is 14.6 Å². The summed E-state index contributed by atoms with van der Waals surface area (Å²) in [5, 5.41) is 18.2. The predicted octanol–water partition coefficient (Wildman–Crippen LogP) is 2.27. The van der Waals surface area contributed by atoms with Crippen LogP contribution in [-0.4, -0.2) is 53.5 Å². The van der Waals surface area contributed by atoms with Gasteiger partial charge in [0.2, 0.25) is 0 Å². The van der Waals surface area contributed by atoms with E-state index >= 15 is 0 Å². The molecule has 0 aromatic heterocycles. The van der Waals surface area contributed by atoms with Crippen molar-refractivity contribution in [3.63, 3.8) is 0 Å². The summed E-state index contributed by atoms with van der Waals surface area (Å²) in [5.74, 6) is -0.0797. The van der Waals surface area contributed by atoms with Gasteiger partial charge in [0.1, 0.15) is 11.5 Å². The smallest absolute Gasteiger partial charge is 0.407 e. The maximum absolute atomic E-state index is 13.3. The van der Waals surface area contributed by atoms with Gasteiger partial charge in [-0.1, -0.05) is 18.2 Å². The van der Waals surface area contributed by atoms with Gasteiger partial charge in [0.25, 0.3) is 5.91 Å². The second-order valence-electron chi connectivity index (χ2n) is 6.59. The first kappa shape index (κ1) is 20.6. The number of para-hydroxylation sites is 1. The molecule has 2 aromatic rings. The molecule has 0 aliphatic carbocycles. The largest absolute Gasteiger partial charge is 0.465 e. The van der Waals surface area contributed by atoms with Crippen molar-refractivity contribution in [2.75, 3.05) is 13.1 Å². The summed E-state index contributed by atoms with van der Waals surface area (Å²) in [5.41, 5.74) is 1.43. The van der Waals surface area contributed by atoms with Crippen LogP contribution in [0.25, 0.3) is 0 Å². The van der Waals surface area contributed by atoms with Crippen LogP contribution in [0.4, 0.5) is 4.79 Å². The highest BCUT2D eigenvalue weighted by Crippen LogP contribution is 2.36. The van der Waals surface area contributed by atoms with E-state index < -0.39 is 26.6 Å². The summed E-state index contributed by atoms with van der Waals surface area (Å²) in [6.45, 7) is -0.283. The lowest BCUT2D eigenvalue weighted by atomic mass is 9.95. The Labute approximate surface area is 167 Å². The number of benzene rings is 2. The number of hydrogen-bond acceptors (Lipinski definition) is 6. The molecule has 1 aliphatic heterocycles. The van der Waals surface area contributed by atoms with Crippen molar-refractivity contribution >= 4 is 21.8 Å². The molecule has 29 heavy (non-hydrogen) atoms. The maximum atomic E-state index is 13.3. The number of nitrogens with zero attached hydrogens (tertiary/aromatic N) is 1. The van der Waals surface area contributed by atoms with Crippen LogP contribution >= 0.6 is 0 Å². The fraction of sp³-hybridized carbons (Fsp3) is 0.263. The van der Waals surface area contributed by atoms with Crippen molar-refractivity contribution in [1.82, 2.24) is 10.4 Å². The van der Waals surface area contributed by atoms with E-state index in [1.807, 2.05) is 6.07 Å². The summed E-state index contributed by atoms with van der Waals surface area (Å²) >= 11 is 0. The van der Waals surface area contributed by atoms with Gasteiger partial charge in [-0.15, -0.1) is 0 Å². The molecule has 0 unspecified atom stereocenters. The van der Waals surface area contributed by atoms with Gasteiger partial charge in [-0.25, -0.2) is 18.7 Å². The van der Waals surface area contributed by atoms with E-state index in [2.05, 4.69) is 0 Å². The van der Waals surface area contributed by atoms with Crippen LogP contribution in [0.3, 0.4) is 0 Å². The summed E-state index contributed by atoms with van der Waals surface area (Å²) in [6.07, 6.45) is -1.73. The minimum atomic E-state index is -4.22. The van der Waals surface area contributed by atoms with Gasteiger partial charge < -0.3 is 14.7 Å². The minimum Gasteiger partial charge on any atom is -0.465 e. The van der Waals surface area contributed by atoms with Gasteiger partial charge in [0, 0.05) is 13.1 Å². The third kappa shape index (κ3) is 3.89. The van der Waals surface area contributed by atoms with E-state index in [-0.39, 0.29) is 30.8 Å². The Bertz CT molecular complexity index is 983. The Morgan fingerprint density at radius 3 is 2.03 bits per heavy atom. The molecule has 1 heterocycles. The molecule has 9 nitrogen and oxygen atoms in total. The topological polar surface area (TPSA) is 133 Å². The standard InChI is InChI=1S/C19H20N2O7S/c22-17(20-25)19(10-12-21(13-11-19)18(23)24)29(26,27)16-8-6-15(7-9-16)28-14-4-2-1-3-5-14/h1-9,25H,10-13H2,(H,20,22)(H,23,24). The van der Waals surface area contributed by atoms with Crippen molar-refractivity contribution in [3.05, 3.63) is 54.6 Å². The number of amides is 2. The van der Waals surface area contributed by atoms with Crippen molar-refractivity contribution in [2.24, 2.45) is 0 Å². The predicted molar refractivity (Wildman–Crippen MR) is 102 cm³/mol. The molecule has 154 valence electrons. The second kappa shape index (κ2) is 8.10. The molecule has 3 rings (SSSR count). The van der Waals surface area contributed by atoms with Crippen LogP contribution in [0.2, 0.25) is 0 Å². The number of sulfone groups is 1. The fourth-order valence-electron chi connectivity index (χ4n) is 3.32. The van der Waals surface area contributed by atoms with Gasteiger partial charge in [0.05, 0.1) is 4.90 Å². The monoisotopic (exact) mass is 420 g/mol. The van der Waals surface area contributed by atoms with E-state index in [0.29, 0.717) is 11.5 Å². The highest BCUT2D eigenvalue weighted by molar-refractivity contribution is 7.93. The third-order valence-corrected chi connectivity index (χ3v) is 7.50. The van der Waals surface area contributed by atoms with Crippen molar-refractivity contribution in [1.29, 1.82) is 0 Å². The van der Waals surface area contributed by atoms with E-state index in [4.69, 9.17) is 15.1 Å². The minimum absolute atomic E-state index is 0.120. The fourth-order valence-corrected chi connectivity index (χ4v) is 5.27. The first-order valence-corrected chi connectivity index (χ1v) is 10.3. The van der Waals surface area contributed by atoms with Crippen LogP contribution in [0, 0.1) is 0 Å². The summed E-state index contributed by atoms with van der Waals surface area (Å²) in [4.78, 5) is 24.4. The molecule has 0 saturated carbocycles. The Balaban J connectivity index is 1.88. The lowest BCUT2D eigenvalue weighted by molar-refractivity contribution is -0.133. The summed E-state index contributed by atoms with van der Waals surface area (Å²) < 4.78 is 30.2. The first-order valence-electron chi connectivity index (χ1n) is 8.80. The van der Waals surface area contributed by atoms with E-state index in [0.717, 1.165) is 4.90 Å². The molecule has 1 fully saturated rings. The number of hydroxylamine groups is 1. The third-order valence-electron chi connectivity index (χ3n) is 4.98. The number of likely N-dealkylation sites (tertiary alicyclic amines) is 1. The van der Waals surface area contributed by atoms with Gasteiger partial charge in [-0.05, 0) is 49.2 Å².